The predicted molar refractivity (Wildman–Crippen MR) is 70.6 cm³/mol. The number of rotatable bonds is 6. The fourth-order valence-corrected chi connectivity index (χ4v) is 2.60. The fourth-order valence-electron chi connectivity index (χ4n) is 2.60. The molecule has 0 heterocycles. The number of benzene rings is 1. The van der Waals surface area contributed by atoms with E-state index < -0.39 is 23.1 Å². The first-order chi connectivity index (χ1) is 9.28. The minimum absolute atomic E-state index is 0.239. The van der Waals surface area contributed by atoms with Gasteiger partial charge in [0.05, 0.1) is 11.0 Å². The van der Waals surface area contributed by atoms with Crippen molar-refractivity contribution in [2.75, 3.05) is 0 Å². The highest BCUT2D eigenvalue weighted by Crippen LogP contribution is 2.38. The van der Waals surface area contributed by atoms with Gasteiger partial charge < -0.3 is 5.11 Å². The van der Waals surface area contributed by atoms with Gasteiger partial charge in [-0.3, -0.25) is 4.79 Å². The molecule has 0 bridgehead atoms. The van der Waals surface area contributed by atoms with E-state index in [-0.39, 0.29) is 5.56 Å². The summed E-state index contributed by atoms with van der Waals surface area (Å²) in [5, 5.41) is 9.55. The molecule has 20 heavy (non-hydrogen) atoms. The van der Waals surface area contributed by atoms with Crippen LogP contribution in [0, 0.1) is 0 Å². The van der Waals surface area contributed by atoms with Crippen LogP contribution in [0.5, 0.6) is 0 Å². The molecular formula is C15H19F3O2. The lowest BCUT2D eigenvalue weighted by atomic mass is 9.73. The molecule has 1 aromatic carbocycles. The molecule has 0 amide bonds. The highest BCUT2D eigenvalue weighted by atomic mass is 19.4. The molecule has 0 aromatic heterocycles. The average molecular weight is 288 g/mol. The van der Waals surface area contributed by atoms with Gasteiger partial charge in [0.1, 0.15) is 0 Å². The van der Waals surface area contributed by atoms with Crippen LogP contribution in [-0.2, 0) is 16.4 Å². The molecule has 2 nitrogen and oxygen atoms in total. The summed E-state index contributed by atoms with van der Waals surface area (Å²) in [6.45, 7) is 3.67. The summed E-state index contributed by atoms with van der Waals surface area (Å²) in [6, 6.07) is 4.70. The number of carboxylic acids is 1. The molecule has 0 unspecified atom stereocenters. The van der Waals surface area contributed by atoms with E-state index in [4.69, 9.17) is 0 Å². The molecule has 0 radical (unpaired) electrons. The van der Waals surface area contributed by atoms with Crippen molar-refractivity contribution in [2.24, 2.45) is 0 Å². The summed E-state index contributed by atoms with van der Waals surface area (Å²) < 4.78 is 38.3. The Bertz CT molecular complexity index is 460. The molecule has 0 fully saturated rings. The highest BCUT2D eigenvalue weighted by molar-refractivity contribution is 5.81. The number of carbonyl (C=O) groups is 1. The van der Waals surface area contributed by atoms with Crippen LogP contribution in [0.2, 0.25) is 0 Å². The normalized spacial score (nSPS) is 12.4. The van der Waals surface area contributed by atoms with Crippen molar-refractivity contribution in [1.82, 2.24) is 0 Å². The zero-order valence-corrected chi connectivity index (χ0v) is 11.6. The molecule has 112 valence electrons. The van der Waals surface area contributed by atoms with E-state index in [0.29, 0.717) is 25.7 Å². The summed E-state index contributed by atoms with van der Waals surface area (Å²) in [4.78, 5) is 11.7. The molecule has 1 rings (SSSR count). The third-order valence-corrected chi connectivity index (χ3v) is 3.51. The first-order valence-corrected chi connectivity index (χ1v) is 6.69. The Morgan fingerprint density at radius 2 is 1.60 bits per heavy atom. The molecule has 0 saturated heterocycles. The smallest absolute Gasteiger partial charge is 0.416 e. The Balaban J connectivity index is 3.37. The average Bonchev–Trinajstić information content (AvgIpc) is 2.37. The lowest BCUT2D eigenvalue weighted by Gasteiger charge is -2.30. The predicted octanol–water partition coefficient (Wildman–Crippen LogP) is 4.63. The van der Waals surface area contributed by atoms with Crippen LogP contribution in [0.25, 0.3) is 0 Å². The van der Waals surface area contributed by atoms with Crippen molar-refractivity contribution in [3.05, 3.63) is 35.4 Å². The van der Waals surface area contributed by atoms with Crippen LogP contribution in [0.4, 0.5) is 13.2 Å². The topological polar surface area (TPSA) is 37.3 Å². The van der Waals surface area contributed by atoms with Gasteiger partial charge >= 0.3 is 12.1 Å². The summed E-state index contributed by atoms with van der Waals surface area (Å²) in [7, 11) is 0. The van der Waals surface area contributed by atoms with E-state index in [1.807, 2.05) is 13.8 Å². The maximum Gasteiger partial charge on any atom is 0.416 e. The number of hydrogen-bond acceptors (Lipinski definition) is 1. The molecular weight excluding hydrogens is 269 g/mol. The first-order valence-electron chi connectivity index (χ1n) is 6.69. The molecule has 1 aromatic rings. The quantitative estimate of drug-likeness (QED) is 0.828. The van der Waals surface area contributed by atoms with Gasteiger partial charge in [-0.15, -0.1) is 0 Å². The monoisotopic (exact) mass is 288 g/mol. The summed E-state index contributed by atoms with van der Waals surface area (Å²) >= 11 is 0. The fraction of sp³-hybridized carbons (Fsp3) is 0.533. The Hall–Kier alpha value is -1.52. The second kappa shape index (κ2) is 6.29. The molecule has 0 saturated carbocycles. The van der Waals surface area contributed by atoms with E-state index in [1.54, 1.807) is 0 Å². The Morgan fingerprint density at radius 3 is 2.00 bits per heavy atom. The molecule has 0 aliphatic rings. The minimum Gasteiger partial charge on any atom is -0.481 e. The SMILES string of the molecule is CCCC(CCC)(C(=O)O)c1cccc(C(F)(F)F)c1. The van der Waals surface area contributed by atoms with Crippen LogP contribution in [-0.4, -0.2) is 11.1 Å². The number of aliphatic carboxylic acids is 1. The molecule has 1 N–H and O–H groups in total. The number of alkyl halides is 3. The standard InChI is InChI=1S/C15H19F3O2/c1-3-8-14(9-4-2,13(19)20)11-6-5-7-12(10-11)15(16,17)18/h5-7,10H,3-4,8-9H2,1-2H3,(H,19,20). The second-order valence-electron chi connectivity index (χ2n) is 4.97. The van der Waals surface area contributed by atoms with Gasteiger partial charge in [-0.2, -0.15) is 13.2 Å². The number of carboxylic acid groups (broad SMARTS) is 1. The van der Waals surface area contributed by atoms with E-state index >= 15 is 0 Å². The van der Waals surface area contributed by atoms with E-state index in [0.717, 1.165) is 12.1 Å². The van der Waals surface area contributed by atoms with Crippen molar-refractivity contribution >= 4 is 5.97 Å². The van der Waals surface area contributed by atoms with Gasteiger partial charge in [-0.05, 0) is 24.5 Å². The van der Waals surface area contributed by atoms with Crippen molar-refractivity contribution in [1.29, 1.82) is 0 Å². The maximum absolute atomic E-state index is 12.8. The number of halogens is 3. The Morgan fingerprint density at radius 1 is 1.10 bits per heavy atom. The lowest BCUT2D eigenvalue weighted by Crippen LogP contribution is -2.36. The molecule has 0 aliphatic heterocycles. The Labute approximate surface area is 116 Å². The van der Waals surface area contributed by atoms with Gasteiger partial charge in [-0.1, -0.05) is 44.9 Å². The minimum atomic E-state index is -4.46. The third kappa shape index (κ3) is 3.32. The van der Waals surface area contributed by atoms with E-state index in [9.17, 15) is 23.1 Å². The summed E-state index contributed by atoms with van der Waals surface area (Å²) in [5.74, 6) is -1.06. The van der Waals surface area contributed by atoms with Gasteiger partial charge in [0.15, 0.2) is 0 Å². The van der Waals surface area contributed by atoms with Crippen molar-refractivity contribution in [3.8, 4) is 0 Å². The largest absolute Gasteiger partial charge is 0.481 e. The van der Waals surface area contributed by atoms with E-state index in [2.05, 4.69) is 0 Å². The Kier molecular flexibility index (Phi) is 5.20. The van der Waals surface area contributed by atoms with Crippen LogP contribution in [0.1, 0.15) is 50.7 Å². The summed E-state index contributed by atoms with van der Waals surface area (Å²) in [6.07, 6.45) is -2.60. The van der Waals surface area contributed by atoms with Gasteiger partial charge in [-0.25, -0.2) is 0 Å². The van der Waals surface area contributed by atoms with Crippen LogP contribution in [0.3, 0.4) is 0 Å². The van der Waals surface area contributed by atoms with Crippen molar-refractivity contribution < 1.29 is 23.1 Å². The van der Waals surface area contributed by atoms with E-state index in [1.165, 1.54) is 12.1 Å². The molecule has 0 spiro atoms. The second-order valence-corrected chi connectivity index (χ2v) is 4.97. The van der Waals surface area contributed by atoms with Crippen LogP contribution < -0.4 is 0 Å². The van der Waals surface area contributed by atoms with Crippen molar-refractivity contribution in [2.45, 2.75) is 51.1 Å². The van der Waals surface area contributed by atoms with Crippen molar-refractivity contribution in [3.63, 3.8) is 0 Å². The van der Waals surface area contributed by atoms with Gasteiger partial charge in [0, 0.05) is 0 Å². The molecule has 5 heteroatoms. The van der Waals surface area contributed by atoms with Gasteiger partial charge in [0.2, 0.25) is 0 Å². The summed E-state index contributed by atoms with van der Waals surface area (Å²) in [5.41, 5.74) is -1.79. The number of hydrogen-bond donors (Lipinski definition) is 1. The van der Waals surface area contributed by atoms with Crippen LogP contribution in [0.15, 0.2) is 24.3 Å². The maximum atomic E-state index is 12.8. The molecule has 0 aliphatic carbocycles. The van der Waals surface area contributed by atoms with Gasteiger partial charge in [0.25, 0.3) is 0 Å². The highest BCUT2D eigenvalue weighted by Gasteiger charge is 2.40. The first kappa shape index (κ1) is 16.5. The van der Waals surface area contributed by atoms with Crippen LogP contribution >= 0.6 is 0 Å². The zero-order valence-electron chi connectivity index (χ0n) is 11.6. The lowest BCUT2D eigenvalue weighted by molar-refractivity contribution is -0.145. The zero-order chi connectivity index (χ0) is 15.4. The molecule has 0 atom stereocenters. The third-order valence-electron chi connectivity index (χ3n) is 3.51.